The molecule has 1 fully saturated rings. The SMILES string of the molecule is CN1CCCCC1n1c(=O)[nH]c2ccccc21. The summed E-state index contributed by atoms with van der Waals surface area (Å²) < 4.78 is 1.90. The Morgan fingerprint density at radius 2 is 2.12 bits per heavy atom. The van der Waals surface area contributed by atoms with E-state index in [2.05, 4.69) is 16.9 Å². The first-order valence-electron chi connectivity index (χ1n) is 6.17. The van der Waals surface area contributed by atoms with E-state index in [0.29, 0.717) is 0 Å². The number of nitrogens with one attached hydrogen (secondary N) is 1. The number of para-hydroxylation sites is 2. The maximum absolute atomic E-state index is 12.1. The standard InChI is InChI=1S/C13H17N3O/c1-15-9-5-4-8-12(15)16-11-7-3-2-6-10(11)14-13(16)17/h2-3,6-7,12H,4-5,8-9H2,1H3,(H,14,17). The number of rotatable bonds is 1. The van der Waals surface area contributed by atoms with Gasteiger partial charge in [0.15, 0.2) is 0 Å². The quantitative estimate of drug-likeness (QED) is 0.815. The largest absolute Gasteiger partial charge is 0.327 e. The Balaban J connectivity index is 2.15. The molecule has 1 unspecified atom stereocenters. The van der Waals surface area contributed by atoms with E-state index in [4.69, 9.17) is 0 Å². The van der Waals surface area contributed by atoms with Crippen LogP contribution in [0, 0.1) is 0 Å². The molecule has 1 N–H and O–H groups in total. The smallest absolute Gasteiger partial charge is 0.305 e. The molecule has 0 amide bonds. The lowest BCUT2D eigenvalue weighted by molar-refractivity contribution is 0.128. The summed E-state index contributed by atoms with van der Waals surface area (Å²) in [5, 5.41) is 0. The summed E-state index contributed by atoms with van der Waals surface area (Å²) >= 11 is 0. The Morgan fingerprint density at radius 1 is 1.29 bits per heavy atom. The molecule has 0 spiro atoms. The molecule has 1 aromatic carbocycles. The molecule has 4 heteroatoms. The zero-order valence-electron chi connectivity index (χ0n) is 10.0. The highest BCUT2D eigenvalue weighted by molar-refractivity contribution is 5.75. The molecule has 90 valence electrons. The summed E-state index contributed by atoms with van der Waals surface area (Å²) in [4.78, 5) is 17.3. The van der Waals surface area contributed by atoms with Gasteiger partial charge in [-0.1, -0.05) is 12.1 Å². The van der Waals surface area contributed by atoms with E-state index < -0.39 is 0 Å². The zero-order valence-corrected chi connectivity index (χ0v) is 10.0. The molecule has 0 radical (unpaired) electrons. The van der Waals surface area contributed by atoms with Crippen molar-refractivity contribution in [3.05, 3.63) is 34.7 Å². The number of hydrogen-bond donors (Lipinski definition) is 1. The van der Waals surface area contributed by atoms with Gasteiger partial charge < -0.3 is 4.98 Å². The van der Waals surface area contributed by atoms with Crippen molar-refractivity contribution in [1.29, 1.82) is 0 Å². The number of imidazole rings is 1. The number of aromatic nitrogens is 2. The first-order valence-corrected chi connectivity index (χ1v) is 6.17. The minimum absolute atomic E-state index is 0.00458. The molecule has 1 saturated heterocycles. The predicted molar refractivity (Wildman–Crippen MR) is 68.1 cm³/mol. The van der Waals surface area contributed by atoms with Crippen molar-refractivity contribution in [1.82, 2.24) is 14.5 Å². The fourth-order valence-corrected chi connectivity index (χ4v) is 2.75. The van der Waals surface area contributed by atoms with Crippen molar-refractivity contribution in [2.24, 2.45) is 0 Å². The van der Waals surface area contributed by atoms with Crippen molar-refractivity contribution >= 4 is 11.0 Å². The minimum Gasteiger partial charge on any atom is -0.305 e. The lowest BCUT2D eigenvalue weighted by Gasteiger charge is -2.33. The van der Waals surface area contributed by atoms with Crippen LogP contribution in [0.5, 0.6) is 0 Å². The van der Waals surface area contributed by atoms with Crippen molar-refractivity contribution < 1.29 is 0 Å². The number of nitrogens with zero attached hydrogens (tertiary/aromatic N) is 2. The second-order valence-corrected chi connectivity index (χ2v) is 4.77. The molecule has 17 heavy (non-hydrogen) atoms. The van der Waals surface area contributed by atoms with E-state index in [1.165, 1.54) is 12.8 Å². The summed E-state index contributed by atoms with van der Waals surface area (Å²) in [6, 6.07) is 7.90. The Bertz CT molecular complexity index is 584. The number of fused-ring (bicyclic) bond motifs is 1. The molecule has 2 heterocycles. The molecule has 4 nitrogen and oxygen atoms in total. The molecule has 3 rings (SSSR count). The molecular weight excluding hydrogens is 214 g/mol. The Labute approximate surface area is 99.9 Å². The lowest BCUT2D eigenvalue weighted by atomic mass is 10.1. The maximum atomic E-state index is 12.1. The summed E-state index contributed by atoms with van der Waals surface area (Å²) in [5.74, 6) is 0. The first-order chi connectivity index (χ1) is 8.27. The molecule has 0 aliphatic carbocycles. The first kappa shape index (κ1) is 10.6. The van der Waals surface area contributed by atoms with Gasteiger partial charge in [0.1, 0.15) is 0 Å². The van der Waals surface area contributed by atoms with Crippen LogP contribution >= 0.6 is 0 Å². The van der Waals surface area contributed by atoms with Gasteiger partial charge in [-0.25, -0.2) is 4.79 Å². The Kier molecular flexibility index (Phi) is 2.52. The monoisotopic (exact) mass is 231 g/mol. The zero-order chi connectivity index (χ0) is 11.8. The van der Waals surface area contributed by atoms with Gasteiger partial charge in [0.25, 0.3) is 0 Å². The number of piperidine rings is 1. The van der Waals surface area contributed by atoms with E-state index >= 15 is 0 Å². The third-order valence-corrected chi connectivity index (χ3v) is 3.65. The molecule has 0 saturated carbocycles. The molecule has 1 aliphatic rings. The van der Waals surface area contributed by atoms with Crippen molar-refractivity contribution in [2.45, 2.75) is 25.4 Å². The van der Waals surface area contributed by atoms with Crippen LogP contribution in [0.15, 0.2) is 29.1 Å². The second-order valence-electron chi connectivity index (χ2n) is 4.77. The second kappa shape index (κ2) is 4.04. The van der Waals surface area contributed by atoms with Crippen LogP contribution in [0.25, 0.3) is 11.0 Å². The van der Waals surface area contributed by atoms with E-state index in [1.54, 1.807) is 0 Å². The normalized spacial score (nSPS) is 22.1. The van der Waals surface area contributed by atoms with Crippen LogP contribution in [-0.2, 0) is 0 Å². The molecule has 0 bridgehead atoms. The topological polar surface area (TPSA) is 41.0 Å². The maximum Gasteiger partial charge on any atom is 0.327 e. The molecule has 2 aromatic rings. The fraction of sp³-hybridized carbons (Fsp3) is 0.462. The highest BCUT2D eigenvalue weighted by atomic mass is 16.1. The van der Waals surface area contributed by atoms with Crippen LogP contribution in [0.3, 0.4) is 0 Å². The fourth-order valence-electron chi connectivity index (χ4n) is 2.75. The summed E-state index contributed by atoms with van der Waals surface area (Å²) in [7, 11) is 2.10. The van der Waals surface area contributed by atoms with Gasteiger partial charge in [0.05, 0.1) is 17.2 Å². The van der Waals surface area contributed by atoms with E-state index in [1.807, 2.05) is 28.8 Å². The van der Waals surface area contributed by atoms with Crippen molar-refractivity contribution in [3.63, 3.8) is 0 Å². The van der Waals surface area contributed by atoms with Gasteiger partial charge in [-0.15, -0.1) is 0 Å². The third-order valence-electron chi connectivity index (χ3n) is 3.65. The molecule has 1 atom stereocenters. The Morgan fingerprint density at radius 3 is 2.94 bits per heavy atom. The van der Waals surface area contributed by atoms with Crippen LogP contribution in [-0.4, -0.2) is 28.0 Å². The predicted octanol–water partition coefficient (Wildman–Crippen LogP) is 1.94. The van der Waals surface area contributed by atoms with Gasteiger partial charge in [0.2, 0.25) is 0 Å². The van der Waals surface area contributed by atoms with Crippen LogP contribution in [0.1, 0.15) is 25.4 Å². The van der Waals surface area contributed by atoms with Crippen LogP contribution in [0.2, 0.25) is 0 Å². The van der Waals surface area contributed by atoms with Crippen molar-refractivity contribution in [2.75, 3.05) is 13.6 Å². The number of hydrogen-bond acceptors (Lipinski definition) is 2. The average Bonchev–Trinajstić information content (AvgIpc) is 2.66. The van der Waals surface area contributed by atoms with E-state index in [9.17, 15) is 4.79 Å². The van der Waals surface area contributed by atoms with Gasteiger partial charge in [0, 0.05) is 0 Å². The van der Waals surface area contributed by atoms with Crippen LogP contribution in [0.4, 0.5) is 0 Å². The highest BCUT2D eigenvalue weighted by Crippen LogP contribution is 2.25. The number of aromatic amines is 1. The molecular formula is C13H17N3O. The summed E-state index contributed by atoms with van der Waals surface area (Å²) in [6.45, 7) is 1.07. The third kappa shape index (κ3) is 1.69. The lowest BCUT2D eigenvalue weighted by Crippen LogP contribution is -2.37. The van der Waals surface area contributed by atoms with Crippen molar-refractivity contribution in [3.8, 4) is 0 Å². The van der Waals surface area contributed by atoms with E-state index in [0.717, 1.165) is 24.0 Å². The van der Waals surface area contributed by atoms with Gasteiger partial charge in [-0.3, -0.25) is 9.47 Å². The number of benzene rings is 1. The van der Waals surface area contributed by atoms with E-state index in [-0.39, 0.29) is 11.9 Å². The minimum atomic E-state index is 0.00458. The van der Waals surface area contributed by atoms with Crippen LogP contribution < -0.4 is 5.69 Å². The number of H-pyrrole nitrogens is 1. The average molecular weight is 231 g/mol. The summed E-state index contributed by atoms with van der Waals surface area (Å²) in [5.41, 5.74) is 1.94. The molecule has 1 aromatic heterocycles. The molecule has 1 aliphatic heterocycles. The number of likely N-dealkylation sites (tertiary alicyclic amines) is 1. The van der Waals surface area contributed by atoms with Gasteiger partial charge >= 0.3 is 5.69 Å². The Hall–Kier alpha value is -1.55. The highest BCUT2D eigenvalue weighted by Gasteiger charge is 2.23. The van der Waals surface area contributed by atoms with Gasteiger partial charge in [-0.2, -0.15) is 0 Å². The summed E-state index contributed by atoms with van der Waals surface area (Å²) in [6.07, 6.45) is 3.68. The van der Waals surface area contributed by atoms with Gasteiger partial charge in [-0.05, 0) is 45.0 Å².